The highest BCUT2D eigenvalue weighted by molar-refractivity contribution is 8.13. The minimum atomic E-state index is -1.38. The highest BCUT2D eigenvalue weighted by Gasteiger charge is 2.22. The Balaban J connectivity index is 2.65. The minimum Gasteiger partial charge on any atom is -0.505 e. The zero-order chi connectivity index (χ0) is 13.7. The van der Waals surface area contributed by atoms with Crippen molar-refractivity contribution >= 4 is 16.9 Å². The molecule has 4 nitrogen and oxygen atoms in total. The molecule has 100 valence electrons. The molecule has 0 aliphatic heterocycles. The van der Waals surface area contributed by atoms with Crippen molar-refractivity contribution in [3.05, 3.63) is 29.6 Å². The maximum atomic E-state index is 13.1. The first kappa shape index (κ1) is 14.9. The molecule has 1 aromatic rings. The van der Waals surface area contributed by atoms with E-state index in [9.17, 15) is 24.5 Å². The summed E-state index contributed by atoms with van der Waals surface area (Å²) in [7, 11) is 0. The molecule has 2 atom stereocenters. The lowest BCUT2D eigenvalue weighted by molar-refractivity contribution is -0.109. The molecule has 0 aliphatic carbocycles. The highest BCUT2D eigenvalue weighted by Crippen LogP contribution is 2.29. The number of thioether (sulfide) groups is 1. The van der Waals surface area contributed by atoms with Gasteiger partial charge in [0.05, 0.1) is 6.10 Å². The first-order valence-corrected chi connectivity index (χ1v) is 6.39. The van der Waals surface area contributed by atoms with Crippen LogP contribution >= 0.6 is 11.8 Å². The lowest BCUT2D eigenvalue weighted by atomic mass is 10.0. The van der Waals surface area contributed by atoms with Crippen LogP contribution in [-0.4, -0.2) is 32.3 Å². The number of hydrogen-bond donors (Lipinski definition) is 3. The summed E-state index contributed by atoms with van der Waals surface area (Å²) in [6.45, 7) is 1.41. The van der Waals surface area contributed by atoms with Crippen molar-refractivity contribution in [1.82, 2.24) is 0 Å². The van der Waals surface area contributed by atoms with Crippen LogP contribution in [0.3, 0.4) is 0 Å². The summed E-state index contributed by atoms with van der Waals surface area (Å²) >= 11 is 1.03. The van der Waals surface area contributed by atoms with Crippen molar-refractivity contribution in [2.75, 3.05) is 5.75 Å². The second-order valence-corrected chi connectivity index (χ2v) is 5.09. The van der Waals surface area contributed by atoms with Crippen LogP contribution in [0.15, 0.2) is 18.2 Å². The van der Waals surface area contributed by atoms with Crippen molar-refractivity contribution in [1.29, 1.82) is 0 Å². The monoisotopic (exact) mass is 274 g/mol. The number of aromatic hydroxyl groups is 1. The van der Waals surface area contributed by atoms with E-state index in [-0.39, 0.29) is 17.1 Å². The molecule has 0 heterocycles. The van der Waals surface area contributed by atoms with Gasteiger partial charge in [-0.05, 0) is 12.5 Å². The van der Waals surface area contributed by atoms with Gasteiger partial charge in [0.1, 0.15) is 6.10 Å². The molecule has 0 aromatic heterocycles. The number of phenolic OH excluding ortho intramolecular Hbond substituents is 1. The van der Waals surface area contributed by atoms with Gasteiger partial charge in [-0.25, -0.2) is 4.39 Å². The Labute approximate surface area is 108 Å². The van der Waals surface area contributed by atoms with Gasteiger partial charge in [0.2, 0.25) is 0 Å². The van der Waals surface area contributed by atoms with Crippen LogP contribution in [0.5, 0.6) is 5.75 Å². The van der Waals surface area contributed by atoms with E-state index >= 15 is 0 Å². The predicted molar refractivity (Wildman–Crippen MR) is 66.8 cm³/mol. The Morgan fingerprint density at radius 1 is 1.44 bits per heavy atom. The summed E-state index contributed by atoms with van der Waals surface area (Å²) in [4.78, 5) is 10.7. The molecule has 0 radical (unpaired) electrons. The second kappa shape index (κ2) is 6.72. The molecular weight excluding hydrogens is 259 g/mol. The fourth-order valence-corrected chi connectivity index (χ4v) is 2.11. The van der Waals surface area contributed by atoms with Crippen molar-refractivity contribution in [3.63, 3.8) is 0 Å². The lowest BCUT2D eigenvalue weighted by Crippen LogP contribution is -2.19. The number of para-hydroxylation sites is 1. The number of aliphatic hydroxyl groups excluding tert-OH is 2. The van der Waals surface area contributed by atoms with E-state index in [0.717, 1.165) is 17.8 Å². The molecule has 1 aromatic carbocycles. The molecular formula is C12H15FO4S. The van der Waals surface area contributed by atoms with Crippen molar-refractivity contribution in [3.8, 4) is 5.75 Å². The third-order valence-corrected chi connectivity index (χ3v) is 3.27. The van der Waals surface area contributed by atoms with E-state index < -0.39 is 23.8 Å². The van der Waals surface area contributed by atoms with Crippen LogP contribution in [0, 0.1) is 5.82 Å². The number of halogens is 1. The van der Waals surface area contributed by atoms with Gasteiger partial charge in [0.15, 0.2) is 16.7 Å². The van der Waals surface area contributed by atoms with Gasteiger partial charge in [-0.1, -0.05) is 23.9 Å². The summed E-state index contributed by atoms with van der Waals surface area (Å²) in [6.07, 6.45) is -2.38. The first-order valence-electron chi connectivity index (χ1n) is 5.40. The van der Waals surface area contributed by atoms with Gasteiger partial charge < -0.3 is 15.3 Å². The lowest BCUT2D eigenvalue weighted by Gasteiger charge is -2.18. The Bertz CT molecular complexity index is 425. The Morgan fingerprint density at radius 3 is 2.72 bits per heavy atom. The van der Waals surface area contributed by atoms with Crippen molar-refractivity contribution in [2.24, 2.45) is 0 Å². The van der Waals surface area contributed by atoms with Crippen LogP contribution in [0.25, 0.3) is 0 Å². The molecule has 18 heavy (non-hydrogen) atoms. The van der Waals surface area contributed by atoms with Gasteiger partial charge in [0.25, 0.3) is 0 Å². The van der Waals surface area contributed by atoms with Gasteiger partial charge in [0, 0.05) is 18.2 Å². The van der Waals surface area contributed by atoms with Crippen LogP contribution in [0.2, 0.25) is 0 Å². The number of benzene rings is 1. The van der Waals surface area contributed by atoms with E-state index in [0.29, 0.717) is 5.75 Å². The number of rotatable bonds is 5. The average Bonchev–Trinajstić information content (AvgIpc) is 2.31. The van der Waals surface area contributed by atoms with E-state index in [1.165, 1.54) is 19.1 Å². The van der Waals surface area contributed by atoms with Crippen LogP contribution < -0.4 is 0 Å². The molecule has 0 spiro atoms. The van der Waals surface area contributed by atoms with Crippen LogP contribution in [-0.2, 0) is 4.79 Å². The van der Waals surface area contributed by atoms with Crippen molar-refractivity contribution < 1.29 is 24.5 Å². The Kier molecular flexibility index (Phi) is 5.58. The quantitative estimate of drug-likeness (QED) is 0.760. The number of hydrogen-bond acceptors (Lipinski definition) is 5. The van der Waals surface area contributed by atoms with Gasteiger partial charge in [-0.15, -0.1) is 0 Å². The van der Waals surface area contributed by atoms with Gasteiger partial charge in [-0.2, -0.15) is 0 Å². The van der Waals surface area contributed by atoms with E-state index in [2.05, 4.69) is 0 Å². The molecule has 2 unspecified atom stereocenters. The summed E-state index contributed by atoms with van der Waals surface area (Å²) in [6, 6.07) is 3.73. The molecule has 0 bridgehead atoms. The third-order valence-electron chi connectivity index (χ3n) is 2.42. The molecule has 1 rings (SSSR count). The molecule has 0 amide bonds. The highest BCUT2D eigenvalue weighted by atomic mass is 32.2. The smallest absolute Gasteiger partial charge is 0.185 e. The topological polar surface area (TPSA) is 77.8 Å². The second-order valence-electron chi connectivity index (χ2n) is 3.82. The number of aliphatic hydroxyl groups is 2. The Hall–Kier alpha value is -1.11. The van der Waals surface area contributed by atoms with E-state index in [1.807, 2.05) is 0 Å². The molecule has 0 saturated heterocycles. The number of carbonyl (C=O) groups excluding carboxylic acids is 1. The predicted octanol–water partition coefficient (Wildman–Crippen LogP) is 1.60. The molecule has 0 aliphatic rings. The fraction of sp³-hybridized carbons (Fsp3) is 0.417. The van der Waals surface area contributed by atoms with Gasteiger partial charge in [-0.3, -0.25) is 4.79 Å². The summed E-state index contributed by atoms with van der Waals surface area (Å²) < 4.78 is 13.1. The van der Waals surface area contributed by atoms with Crippen LogP contribution in [0.4, 0.5) is 4.39 Å². The number of phenols is 1. The minimum absolute atomic E-state index is 0.0599. The Morgan fingerprint density at radius 2 is 2.11 bits per heavy atom. The SMILES string of the molecule is CC(=O)SCCC(O)C(O)c1cccc(F)c1O. The van der Waals surface area contributed by atoms with Crippen LogP contribution in [0.1, 0.15) is 25.0 Å². The normalized spacial score (nSPS) is 14.2. The first-order chi connectivity index (χ1) is 8.43. The standard InChI is InChI=1S/C12H15FO4S/c1-7(14)18-6-5-10(15)12(17)8-3-2-4-9(13)11(8)16/h2-4,10,12,15-17H,5-6H2,1H3. The third kappa shape index (κ3) is 3.97. The summed E-state index contributed by atoms with van der Waals surface area (Å²) in [5.41, 5.74) is -0.0599. The zero-order valence-electron chi connectivity index (χ0n) is 9.84. The summed E-state index contributed by atoms with van der Waals surface area (Å²) in [5, 5.41) is 28.8. The molecule has 3 N–H and O–H groups in total. The average molecular weight is 274 g/mol. The fourth-order valence-electron chi connectivity index (χ4n) is 1.46. The molecule has 0 saturated carbocycles. The largest absolute Gasteiger partial charge is 0.505 e. The van der Waals surface area contributed by atoms with E-state index in [1.54, 1.807) is 0 Å². The van der Waals surface area contributed by atoms with E-state index in [4.69, 9.17) is 0 Å². The van der Waals surface area contributed by atoms with Crippen molar-refractivity contribution in [2.45, 2.75) is 25.6 Å². The maximum Gasteiger partial charge on any atom is 0.185 e. The summed E-state index contributed by atoms with van der Waals surface area (Å²) in [5.74, 6) is -1.16. The van der Waals surface area contributed by atoms with Gasteiger partial charge >= 0.3 is 0 Å². The zero-order valence-corrected chi connectivity index (χ0v) is 10.7. The molecule has 0 fully saturated rings. The number of carbonyl (C=O) groups is 1. The maximum absolute atomic E-state index is 13.1. The molecule has 6 heteroatoms.